The second kappa shape index (κ2) is 6.56. The summed E-state index contributed by atoms with van der Waals surface area (Å²) in [5.74, 6) is 0.366. The van der Waals surface area contributed by atoms with E-state index in [4.69, 9.17) is 4.74 Å². The first-order valence-corrected chi connectivity index (χ1v) is 7.14. The van der Waals surface area contributed by atoms with Crippen LogP contribution in [0.5, 0.6) is 5.75 Å². The normalized spacial score (nSPS) is 12.6. The molecule has 1 rings (SSSR count). The van der Waals surface area contributed by atoms with Crippen molar-refractivity contribution in [1.29, 1.82) is 0 Å². The SMILES string of the molecule is C=CC(=O)NC(Br)(Br)C(Br)Oc1ccccc1. The van der Waals surface area contributed by atoms with E-state index in [9.17, 15) is 4.79 Å². The molecule has 0 aromatic heterocycles. The number of benzene rings is 1. The van der Waals surface area contributed by atoms with Crippen molar-refractivity contribution < 1.29 is 9.53 Å². The standard InChI is InChI=1S/C11H10Br3NO2/c1-2-9(16)15-11(13,14)10(12)17-8-6-4-3-5-7-8/h2-7,10H,1H2,(H,15,16). The summed E-state index contributed by atoms with van der Waals surface area (Å²) in [5, 5.41) is 2.13. The lowest BCUT2D eigenvalue weighted by Gasteiger charge is -2.27. The third-order valence-corrected chi connectivity index (χ3v) is 5.07. The van der Waals surface area contributed by atoms with Crippen LogP contribution in [0, 0.1) is 0 Å². The molecule has 0 aliphatic carbocycles. The number of amides is 1. The molecule has 0 heterocycles. The largest absolute Gasteiger partial charge is 0.475 e. The van der Waals surface area contributed by atoms with Crippen molar-refractivity contribution in [3.63, 3.8) is 0 Å². The van der Waals surface area contributed by atoms with Gasteiger partial charge in [-0.3, -0.25) is 4.79 Å². The minimum absolute atomic E-state index is 0.320. The molecule has 0 bridgehead atoms. The molecule has 0 fully saturated rings. The molecule has 0 aliphatic rings. The summed E-state index contributed by atoms with van der Waals surface area (Å²) in [6.07, 6.45) is 1.18. The van der Waals surface area contributed by atoms with E-state index in [0.29, 0.717) is 5.75 Å². The number of carbonyl (C=O) groups is 1. The van der Waals surface area contributed by atoms with Crippen molar-refractivity contribution in [2.45, 2.75) is 8.37 Å². The molecule has 1 unspecified atom stereocenters. The molecule has 17 heavy (non-hydrogen) atoms. The number of para-hydroxylation sites is 1. The Bertz CT molecular complexity index is 395. The highest BCUT2D eigenvalue weighted by atomic mass is 79.9. The number of halogens is 3. The van der Waals surface area contributed by atoms with Crippen molar-refractivity contribution in [2.24, 2.45) is 0 Å². The van der Waals surface area contributed by atoms with Crippen LogP contribution in [0.2, 0.25) is 0 Å². The molecule has 1 atom stereocenters. The maximum atomic E-state index is 11.2. The van der Waals surface area contributed by atoms with Crippen LogP contribution in [0.4, 0.5) is 0 Å². The molecule has 3 nitrogen and oxygen atoms in total. The Morgan fingerprint density at radius 1 is 1.41 bits per heavy atom. The summed E-state index contributed by atoms with van der Waals surface area (Å²) in [5.41, 5.74) is 0. The molecule has 0 saturated heterocycles. The molecule has 1 aromatic carbocycles. The summed E-state index contributed by atoms with van der Waals surface area (Å²) < 4.78 is 4.68. The number of ether oxygens (including phenoxy) is 1. The second-order valence-electron chi connectivity index (χ2n) is 3.06. The predicted octanol–water partition coefficient (Wildman–Crippen LogP) is 3.53. The smallest absolute Gasteiger partial charge is 0.245 e. The predicted molar refractivity (Wildman–Crippen MR) is 78.7 cm³/mol. The average Bonchev–Trinajstić information content (AvgIpc) is 2.29. The first-order chi connectivity index (χ1) is 7.95. The molecule has 1 N–H and O–H groups in total. The fourth-order valence-electron chi connectivity index (χ4n) is 0.965. The quantitative estimate of drug-likeness (QED) is 0.443. The van der Waals surface area contributed by atoms with Gasteiger partial charge < -0.3 is 10.1 Å². The topological polar surface area (TPSA) is 38.3 Å². The van der Waals surface area contributed by atoms with Crippen LogP contribution in [-0.4, -0.2) is 14.3 Å². The van der Waals surface area contributed by atoms with E-state index < -0.39 is 8.37 Å². The Labute approximate surface area is 125 Å². The zero-order valence-corrected chi connectivity index (χ0v) is 13.5. The minimum Gasteiger partial charge on any atom is -0.475 e. The maximum absolute atomic E-state index is 11.2. The van der Waals surface area contributed by atoms with E-state index >= 15 is 0 Å². The molecule has 1 amide bonds. The maximum Gasteiger partial charge on any atom is 0.245 e. The van der Waals surface area contributed by atoms with Crippen LogP contribution < -0.4 is 10.1 Å². The third kappa shape index (κ3) is 4.81. The number of rotatable bonds is 5. The molecule has 0 radical (unpaired) electrons. The minimum atomic E-state index is -0.916. The molecule has 0 aliphatic heterocycles. The molecule has 92 valence electrons. The van der Waals surface area contributed by atoms with Gasteiger partial charge in [-0.2, -0.15) is 0 Å². The average molecular weight is 428 g/mol. The number of hydrogen-bond acceptors (Lipinski definition) is 2. The Hall–Kier alpha value is -0.330. The number of nitrogens with one attached hydrogen (secondary N) is 1. The summed E-state index contributed by atoms with van der Waals surface area (Å²) in [7, 11) is 0. The van der Waals surface area contributed by atoms with Gasteiger partial charge in [0.05, 0.1) is 0 Å². The van der Waals surface area contributed by atoms with Crippen LogP contribution in [0.1, 0.15) is 0 Å². The van der Waals surface area contributed by atoms with E-state index in [1.807, 2.05) is 30.3 Å². The van der Waals surface area contributed by atoms with Crippen LogP contribution >= 0.6 is 47.8 Å². The molecule has 6 heteroatoms. The van der Waals surface area contributed by atoms with E-state index in [1.165, 1.54) is 6.08 Å². The van der Waals surface area contributed by atoms with Crippen LogP contribution in [0.3, 0.4) is 0 Å². The fourth-order valence-corrected chi connectivity index (χ4v) is 1.87. The van der Waals surface area contributed by atoms with Gasteiger partial charge in [-0.05, 0) is 66.0 Å². The van der Waals surface area contributed by atoms with Gasteiger partial charge in [-0.1, -0.05) is 24.8 Å². The van der Waals surface area contributed by atoms with Gasteiger partial charge in [-0.15, -0.1) is 0 Å². The number of alkyl halides is 3. The summed E-state index contributed by atoms with van der Waals surface area (Å²) >= 11 is 9.95. The van der Waals surface area contributed by atoms with E-state index in [-0.39, 0.29) is 5.91 Å². The zero-order chi connectivity index (χ0) is 12.9. The van der Waals surface area contributed by atoms with Crippen molar-refractivity contribution in [2.75, 3.05) is 0 Å². The van der Waals surface area contributed by atoms with Gasteiger partial charge in [0.1, 0.15) is 5.75 Å². The molecular formula is C11H10Br3NO2. The first-order valence-electron chi connectivity index (χ1n) is 4.64. The van der Waals surface area contributed by atoms with Gasteiger partial charge in [0.2, 0.25) is 5.91 Å². The summed E-state index contributed by atoms with van der Waals surface area (Å²) in [4.78, 5) is 11.2. The highest BCUT2D eigenvalue weighted by molar-refractivity contribution is 9.26. The van der Waals surface area contributed by atoms with Crippen molar-refractivity contribution in [3.8, 4) is 5.75 Å². The monoisotopic (exact) mass is 425 g/mol. The summed E-state index contributed by atoms with van der Waals surface area (Å²) in [6, 6.07) is 9.26. The Balaban J connectivity index is 2.65. The Morgan fingerprint density at radius 2 is 2.00 bits per heavy atom. The van der Waals surface area contributed by atoms with Gasteiger partial charge >= 0.3 is 0 Å². The van der Waals surface area contributed by atoms with Gasteiger partial charge in [0.25, 0.3) is 0 Å². The fraction of sp³-hybridized carbons (Fsp3) is 0.182. The zero-order valence-electron chi connectivity index (χ0n) is 8.70. The van der Waals surface area contributed by atoms with Crippen molar-refractivity contribution in [3.05, 3.63) is 43.0 Å². The lowest BCUT2D eigenvalue weighted by Crippen LogP contribution is -2.46. The lowest BCUT2D eigenvalue weighted by molar-refractivity contribution is -0.117. The van der Waals surface area contributed by atoms with Crippen molar-refractivity contribution >= 4 is 53.7 Å². The Kier molecular flexibility index (Phi) is 5.69. The van der Waals surface area contributed by atoms with E-state index in [2.05, 4.69) is 59.7 Å². The highest BCUT2D eigenvalue weighted by Gasteiger charge is 2.35. The van der Waals surface area contributed by atoms with Gasteiger partial charge in [0, 0.05) is 0 Å². The van der Waals surface area contributed by atoms with Crippen LogP contribution in [-0.2, 0) is 4.79 Å². The number of hydrogen-bond donors (Lipinski definition) is 1. The van der Waals surface area contributed by atoms with Gasteiger partial charge in [-0.25, -0.2) is 0 Å². The third-order valence-electron chi connectivity index (χ3n) is 1.74. The highest BCUT2D eigenvalue weighted by Crippen LogP contribution is 2.33. The second-order valence-corrected chi connectivity index (χ2v) is 7.46. The summed E-state index contributed by atoms with van der Waals surface area (Å²) in [6.45, 7) is 3.38. The lowest BCUT2D eigenvalue weighted by atomic mass is 10.3. The van der Waals surface area contributed by atoms with Crippen molar-refractivity contribution in [1.82, 2.24) is 5.32 Å². The molecule has 0 spiro atoms. The van der Waals surface area contributed by atoms with Crippen LogP contribution in [0.15, 0.2) is 43.0 Å². The molecule has 1 aromatic rings. The Morgan fingerprint density at radius 3 is 2.53 bits per heavy atom. The van der Waals surface area contributed by atoms with Gasteiger partial charge in [0.15, 0.2) is 8.37 Å². The molecular weight excluding hydrogens is 418 g/mol. The number of carbonyl (C=O) groups excluding carboxylic acids is 1. The first kappa shape index (κ1) is 14.7. The van der Waals surface area contributed by atoms with Crippen LogP contribution in [0.25, 0.3) is 0 Å². The van der Waals surface area contributed by atoms with E-state index in [1.54, 1.807) is 0 Å². The molecule has 0 saturated carbocycles. The van der Waals surface area contributed by atoms with E-state index in [0.717, 1.165) is 0 Å².